The van der Waals surface area contributed by atoms with Gasteiger partial charge in [0.05, 0.1) is 11.4 Å². The van der Waals surface area contributed by atoms with Crippen molar-refractivity contribution in [2.45, 2.75) is 5.75 Å². The maximum absolute atomic E-state index is 13.1. The molecule has 4 nitrogen and oxygen atoms in total. The van der Waals surface area contributed by atoms with E-state index in [1.54, 1.807) is 30.5 Å². The van der Waals surface area contributed by atoms with Crippen LogP contribution in [-0.2, 0) is 10.5 Å². The van der Waals surface area contributed by atoms with Crippen LogP contribution in [0.4, 0.5) is 10.1 Å². The van der Waals surface area contributed by atoms with E-state index in [4.69, 9.17) is 16.0 Å². The van der Waals surface area contributed by atoms with Crippen LogP contribution in [0.5, 0.6) is 0 Å². The van der Waals surface area contributed by atoms with E-state index in [9.17, 15) is 9.18 Å². The average Bonchev–Trinajstić information content (AvgIpc) is 3.04. The van der Waals surface area contributed by atoms with E-state index in [2.05, 4.69) is 10.3 Å². The molecule has 1 heterocycles. The fourth-order valence-electron chi connectivity index (χ4n) is 2.11. The predicted octanol–water partition coefficient (Wildman–Crippen LogP) is 5.01. The Morgan fingerprint density at radius 1 is 1.24 bits per heavy atom. The van der Waals surface area contributed by atoms with Gasteiger partial charge in [0.15, 0.2) is 0 Å². The first-order valence-corrected chi connectivity index (χ1v) is 8.97. The van der Waals surface area contributed by atoms with Gasteiger partial charge in [0.25, 0.3) is 0 Å². The maximum atomic E-state index is 13.1. The summed E-state index contributed by atoms with van der Waals surface area (Å²) in [6.45, 7) is 0. The molecule has 25 heavy (non-hydrogen) atoms. The van der Waals surface area contributed by atoms with Gasteiger partial charge in [-0.15, -0.1) is 11.8 Å². The topological polar surface area (TPSA) is 55.1 Å². The lowest BCUT2D eigenvalue weighted by Crippen LogP contribution is -2.14. The number of hydrogen-bond acceptors (Lipinski definition) is 4. The number of hydrogen-bond donors (Lipinski definition) is 1. The number of thioether (sulfide) groups is 1. The van der Waals surface area contributed by atoms with Crippen molar-refractivity contribution in [3.8, 4) is 11.5 Å². The Bertz CT molecular complexity index is 868. The summed E-state index contributed by atoms with van der Waals surface area (Å²) in [7, 11) is 0. The lowest BCUT2D eigenvalue weighted by atomic mass is 10.2. The summed E-state index contributed by atoms with van der Waals surface area (Å²) in [6.07, 6.45) is 1.57. The van der Waals surface area contributed by atoms with Crippen LogP contribution in [0, 0.1) is 5.82 Å². The number of aromatic nitrogens is 1. The SMILES string of the molecule is O=C(CSCc1coc(-c2ccc(Cl)cc2)n1)Nc1cccc(F)c1. The van der Waals surface area contributed by atoms with E-state index in [1.165, 1.54) is 23.9 Å². The van der Waals surface area contributed by atoms with Crippen molar-refractivity contribution in [2.24, 2.45) is 0 Å². The zero-order chi connectivity index (χ0) is 17.6. The lowest BCUT2D eigenvalue weighted by molar-refractivity contribution is -0.113. The van der Waals surface area contributed by atoms with Crippen molar-refractivity contribution in [2.75, 3.05) is 11.1 Å². The molecule has 0 fully saturated rings. The zero-order valence-electron chi connectivity index (χ0n) is 13.0. The Kier molecular flexibility index (Phi) is 5.73. The maximum Gasteiger partial charge on any atom is 0.234 e. The molecule has 1 aromatic heterocycles. The Labute approximate surface area is 153 Å². The van der Waals surface area contributed by atoms with Crippen molar-refractivity contribution in [1.82, 2.24) is 4.98 Å². The van der Waals surface area contributed by atoms with Gasteiger partial charge in [-0.3, -0.25) is 4.79 Å². The Balaban J connectivity index is 1.49. The highest BCUT2D eigenvalue weighted by atomic mass is 35.5. The minimum atomic E-state index is -0.386. The normalized spacial score (nSPS) is 10.6. The second-order valence-electron chi connectivity index (χ2n) is 5.20. The molecule has 0 spiro atoms. The molecule has 0 bridgehead atoms. The first kappa shape index (κ1) is 17.5. The predicted molar refractivity (Wildman–Crippen MR) is 98.1 cm³/mol. The summed E-state index contributed by atoms with van der Waals surface area (Å²) in [5, 5.41) is 3.30. The second kappa shape index (κ2) is 8.18. The summed E-state index contributed by atoms with van der Waals surface area (Å²) in [4.78, 5) is 16.3. The summed E-state index contributed by atoms with van der Waals surface area (Å²) >= 11 is 7.26. The molecular weight excluding hydrogens is 363 g/mol. The van der Waals surface area contributed by atoms with Crippen LogP contribution in [0.25, 0.3) is 11.5 Å². The summed E-state index contributed by atoms with van der Waals surface area (Å²) < 4.78 is 18.5. The van der Waals surface area contributed by atoms with Gasteiger partial charge in [-0.25, -0.2) is 9.37 Å². The van der Waals surface area contributed by atoms with Gasteiger partial charge in [0.2, 0.25) is 11.8 Å². The third-order valence-corrected chi connectivity index (χ3v) is 4.45. The lowest BCUT2D eigenvalue weighted by Gasteiger charge is -2.04. The number of halogens is 2. The van der Waals surface area contributed by atoms with E-state index >= 15 is 0 Å². The molecule has 0 aliphatic rings. The molecule has 3 rings (SSSR count). The molecular formula is C18H14ClFN2O2S. The van der Waals surface area contributed by atoms with Gasteiger partial charge in [0, 0.05) is 22.0 Å². The van der Waals surface area contributed by atoms with E-state index in [0.29, 0.717) is 22.4 Å². The minimum absolute atomic E-state index is 0.197. The van der Waals surface area contributed by atoms with Crippen LogP contribution in [0.2, 0.25) is 5.02 Å². The van der Waals surface area contributed by atoms with Crippen LogP contribution in [0.1, 0.15) is 5.69 Å². The number of amides is 1. The number of nitrogens with one attached hydrogen (secondary N) is 1. The second-order valence-corrected chi connectivity index (χ2v) is 6.62. The molecule has 2 aromatic carbocycles. The van der Waals surface area contributed by atoms with E-state index in [1.807, 2.05) is 12.1 Å². The average molecular weight is 377 g/mol. The standard InChI is InChI=1S/C18H14ClFN2O2S/c19-13-6-4-12(5-7-13)18-22-16(9-24-18)10-25-11-17(23)21-15-3-1-2-14(20)8-15/h1-9H,10-11H2,(H,21,23). The Morgan fingerprint density at radius 2 is 2.04 bits per heavy atom. The Morgan fingerprint density at radius 3 is 2.80 bits per heavy atom. The smallest absolute Gasteiger partial charge is 0.234 e. The first-order chi connectivity index (χ1) is 12.1. The number of carbonyl (C=O) groups is 1. The molecule has 0 aliphatic heterocycles. The molecule has 1 amide bonds. The molecule has 7 heteroatoms. The molecule has 128 valence electrons. The molecule has 0 saturated heterocycles. The number of anilines is 1. The largest absolute Gasteiger partial charge is 0.444 e. The van der Waals surface area contributed by atoms with Crippen LogP contribution in [0.3, 0.4) is 0 Å². The van der Waals surface area contributed by atoms with Crippen LogP contribution >= 0.6 is 23.4 Å². The highest BCUT2D eigenvalue weighted by Crippen LogP contribution is 2.22. The fraction of sp³-hybridized carbons (Fsp3) is 0.111. The third-order valence-electron chi connectivity index (χ3n) is 3.23. The van der Waals surface area contributed by atoms with Crippen molar-refractivity contribution in [3.05, 3.63) is 71.3 Å². The molecule has 0 atom stereocenters. The van der Waals surface area contributed by atoms with Gasteiger partial charge in [-0.05, 0) is 42.5 Å². The van der Waals surface area contributed by atoms with Gasteiger partial charge in [0.1, 0.15) is 12.1 Å². The molecule has 0 radical (unpaired) electrons. The molecule has 0 aliphatic carbocycles. The summed E-state index contributed by atoms with van der Waals surface area (Å²) in [5.74, 6) is 0.698. The minimum Gasteiger partial charge on any atom is -0.444 e. The first-order valence-electron chi connectivity index (χ1n) is 7.43. The monoisotopic (exact) mass is 376 g/mol. The fourth-order valence-corrected chi connectivity index (χ4v) is 2.94. The van der Waals surface area contributed by atoms with Crippen LogP contribution in [0.15, 0.2) is 59.2 Å². The molecule has 3 aromatic rings. The number of rotatable bonds is 6. The van der Waals surface area contributed by atoms with Crippen molar-refractivity contribution in [3.63, 3.8) is 0 Å². The summed E-state index contributed by atoms with van der Waals surface area (Å²) in [5.41, 5.74) is 2.02. The van der Waals surface area contributed by atoms with Crippen molar-refractivity contribution in [1.29, 1.82) is 0 Å². The third kappa shape index (κ3) is 5.08. The number of oxazole rings is 1. The van der Waals surface area contributed by atoms with Gasteiger partial charge in [-0.1, -0.05) is 17.7 Å². The van der Waals surface area contributed by atoms with E-state index in [-0.39, 0.29) is 17.5 Å². The van der Waals surface area contributed by atoms with Gasteiger partial charge >= 0.3 is 0 Å². The van der Waals surface area contributed by atoms with Gasteiger partial charge < -0.3 is 9.73 Å². The quantitative estimate of drug-likeness (QED) is 0.657. The van der Waals surface area contributed by atoms with Crippen LogP contribution in [-0.4, -0.2) is 16.6 Å². The molecule has 0 unspecified atom stereocenters. The van der Waals surface area contributed by atoms with Crippen molar-refractivity contribution >= 4 is 35.0 Å². The van der Waals surface area contributed by atoms with Crippen LogP contribution < -0.4 is 5.32 Å². The Hall–Kier alpha value is -2.31. The van der Waals surface area contributed by atoms with E-state index < -0.39 is 0 Å². The number of nitrogens with zero attached hydrogens (tertiary/aromatic N) is 1. The molecule has 1 N–H and O–H groups in total. The highest BCUT2D eigenvalue weighted by molar-refractivity contribution is 7.99. The van der Waals surface area contributed by atoms with Gasteiger partial charge in [-0.2, -0.15) is 0 Å². The number of benzene rings is 2. The molecule has 0 saturated carbocycles. The summed E-state index contributed by atoms with van der Waals surface area (Å²) in [6, 6.07) is 13.0. The zero-order valence-corrected chi connectivity index (χ0v) is 14.6. The van der Waals surface area contributed by atoms with Crippen molar-refractivity contribution < 1.29 is 13.6 Å². The highest BCUT2D eigenvalue weighted by Gasteiger charge is 2.08. The van der Waals surface area contributed by atoms with E-state index in [0.717, 1.165) is 11.3 Å². The number of carbonyl (C=O) groups excluding carboxylic acids is 1.